The highest BCUT2D eigenvalue weighted by molar-refractivity contribution is 7.79. The quantitative estimate of drug-likeness (QED) is 0.842. The van der Waals surface area contributed by atoms with Crippen molar-refractivity contribution in [2.24, 2.45) is 0 Å². The summed E-state index contributed by atoms with van der Waals surface area (Å²) in [5.41, 5.74) is 1.09. The second-order valence-corrected chi connectivity index (χ2v) is 5.22. The van der Waals surface area contributed by atoms with E-state index in [2.05, 4.69) is 24.5 Å². The molecule has 2 aromatic rings. The molecule has 96 valence electrons. The zero-order valence-corrected chi connectivity index (χ0v) is 11.7. The first-order valence-electron chi connectivity index (χ1n) is 5.69. The average molecular weight is 283 g/mol. The maximum absolute atomic E-state index is 12.7. The number of benzene rings is 1. The van der Waals surface area contributed by atoms with Gasteiger partial charge < -0.3 is 4.74 Å². The molecule has 0 aliphatic rings. The van der Waals surface area contributed by atoms with Crippen LogP contribution in [0.3, 0.4) is 0 Å². The number of hydrogen-bond acceptors (Lipinski definition) is 4. The van der Waals surface area contributed by atoms with Gasteiger partial charge in [0.25, 0.3) is 0 Å². The Morgan fingerprint density at radius 1 is 1.33 bits per heavy atom. The van der Waals surface area contributed by atoms with E-state index in [1.165, 1.54) is 17.0 Å². The summed E-state index contributed by atoms with van der Waals surface area (Å²) in [6.45, 7) is 2.49. The van der Waals surface area contributed by atoms with Gasteiger partial charge >= 0.3 is 0 Å². The first kappa shape index (κ1) is 13.4. The number of rotatable bonds is 5. The summed E-state index contributed by atoms with van der Waals surface area (Å²) in [5.74, 6) is 1.09. The fraction of sp³-hybridized carbons (Fsp3) is 0.308. The summed E-state index contributed by atoms with van der Waals surface area (Å²) >= 11 is 5.90. The third-order valence-corrected chi connectivity index (χ3v) is 4.08. The Hall–Kier alpha value is -1.07. The largest absolute Gasteiger partial charge is 0.486 e. The van der Waals surface area contributed by atoms with Gasteiger partial charge in [-0.3, -0.25) is 0 Å². The topological polar surface area (TPSA) is 22.1 Å². The van der Waals surface area contributed by atoms with Crippen LogP contribution >= 0.6 is 24.0 Å². The van der Waals surface area contributed by atoms with Crippen LogP contribution in [0.1, 0.15) is 22.5 Å². The number of ether oxygens (including phenoxy) is 1. The number of thiazole rings is 1. The normalized spacial score (nSPS) is 10.6. The molecular formula is C13H14FNOS2. The second-order valence-electron chi connectivity index (χ2n) is 3.73. The molecule has 0 saturated heterocycles. The van der Waals surface area contributed by atoms with E-state index in [4.69, 9.17) is 4.74 Å². The monoisotopic (exact) mass is 283 g/mol. The highest BCUT2D eigenvalue weighted by atomic mass is 32.1. The van der Waals surface area contributed by atoms with Gasteiger partial charge in [0.1, 0.15) is 23.2 Å². The van der Waals surface area contributed by atoms with E-state index >= 15 is 0 Å². The molecule has 1 aromatic heterocycles. The minimum absolute atomic E-state index is 0.262. The smallest absolute Gasteiger partial charge is 0.140 e. The number of halogens is 1. The van der Waals surface area contributed by atoms with Crippen molar-refractivity contribution in [2.75, 3.05) is 0 Å². The summed E-state index contributed by atoms with van der Waals surface area (Å²) in [6.07, 6.45) is 0.906. The average Bonchev–Trinajstić information content (AvgIpc) is 2.80. The molecule has 0 radical (unpaired) electrons. The number of aromatic nitrogens is 1. The minimum atomic E-state index is -0.262. The van der Waals surface area contributed by atoms with Gasteiger partial charge in [0.15, 0.2) is 0 Å². The SMILES string of the molecule is CCc1nc(COc2ccc(F)cc2)sc1CS. The number of nitrogens with zero attached hydrogens (tertiary/aromatic N) is 1. The van der Waals surface area contributed by atoms with Crippen molar-refractivity contribution in [3.8, 4) is 5.75 Å². The van der Waals surface area contributed by atoms with Gasteiger partial charge in [0, 0.05) is 10.6 Å². The predicted octanol–water partition coefficient (Wildman–Crippen LogP) is 3.85. The van der Waals surface area contributed by atoms with Crippen molar-refractivity contribution in [3.05, 3.63) is 45.7 Å². The van der Waals surface area contributed by atoms with Crippen LogP contribution < -0.4 is 4.74 Å². The van der Waals surface area contributed by atoms with E-state index in [0.717, 1.165) is 17.1 Å². The molecule has 0 bridgehead atoms. The standard InChI is InChI=1S/C13H14FNOS2/c1-2-11-12(8-17)18-13(15-11)7-16-10-5-3-9(14)4-6-10/h3-6,17H,2,7-8H2,1H3. The Kier molecular flexibility index (Phi) is 4.60. The van der Waals surface area contributed by atoms with Crippen molar-refractivity contribution < 1.29 is 9.13 Å². The molecular weight excluding hydrogens is 269 g/mol. The summed E-state index contributed by atoms with van der Waals surface area (Å²) in [4.78, 5) is 5.70. The molecule has 0 unspecified atom stereocenters. The van der Waals surface area contributed by atoms with Crippen LogP contribution in [0, 0.1) is 5.82 Å². The number of thiol groups is 1. The van der Waals surface area contributed by atoms with Crippen molar-refractivity contribution >= 4 is 24.0 Å². The number of hydrogen-bond donors (Lipinski definition) is 1. The lowest BCUT2D eigenvalue weighted by atomic mass is 10.3. The molecule has 0 saturated carbocycles. The maximum atomic E-state index is 12.7. The molecule has 0 amide bonds. The molecule has 0 N–H and O–H groups in total. The first-order chi connectivity index (χ1) is 8.72. The molecule has 1 aromatic carbocycles. The Morgan fingerprint density at radius 2 is 2.06 bits per heavy atom. The maximum Gasteiger partial charge on any atom is 0.140 e. The summed E-state index contributed by atoms with van der Waals surface area (Å²) in [5, 5.41) is 0.931. The fourth-order valence-electron chi connectivity index (χ4n) is 1.57. The van der Waals surface area contributed by atoms with Crippen molar-refractivity contribution in [3.63, 3.8) is 0 Å². The summed E-state index contributed by atoms with van der Waals surface area (Å²) in [6, 6.07) is 5.99. The lowest BCUT2D eigenvalue weighted by molar-refractivity contribution is 0.305. The zero-order valence-electron chi connectivity index (χ0n) is 10.0. The number of aryl methyl sites for hydroxylation is 1. The third-order valence-electron chi connectivity index (χ3n) is 2.48. The van der Waals surface area contributed by atoms with Gasteiger partial charge in [-0.2, -0.15) is 12.6 Å². The van der Waals surface area contributed by atoms with Crippen LogP contribution in [-0.2, 0) is 18.8 Å². The molecule has 2 nitrogen and oxygen atoms in total. The van der Waals surface area contributed by atoms with Gasteiger partial charge in [0.05, 0.1) is 5.69 Å². The van der Waals surface area contributed by atoms with E-state index in [0.29, 0.717) is 18.1 Å². The predicted molar refractivity (Wildman–Crippen MR) is 74.9 cm³/mol. The van der Waals surface area contributed by atoms with Crippen LogP contribution in [0.4, 0.5) is 4.39 Å². The van der Waals surface area contributed by atoms with Gasteiger partial charge in [-0.1, -0.05) is 6.92 Å². The molecule has 0 atom stereocenters. The highest BCUT2D eigenvalue weighted by Crippen LogP contribution is 2.22. The van der Waals surface area contributed by atoms with Crippen LogP contribution in [0.2, 0.25) is 0 Å². The lowest BCUT2D eigenvalue weighted by Crippen LogP contribution is -1.95. The van der Waals surface area contributed by atoms with Gasteiger partial charge in [-0.25, -0.2) is 9.37 Å². The Balaban J connectivity index is 2.01. The Labute approximate surface area is 115 Å². The lowest BCUT2D eigenvalue weighted by Gasteiger charge is -2.02. The third kappa shape index (κ3) is 3.23. The summed E-state index contributed by atoms with van der Waals surface area (Å²) < 4.78 is 18.3. The Bertz CT molecular complexity index is 489. The van der Waals surface area contributed by atoms with Crippen molar-refractivity contribution in [2.45, 2.75) is 25.7 Å². The van der Waals surface area contributed by atoms with Crippen LogP contribution in [0.5, 0.6) is 5.75 Å². The second kappa shape index (κ2) is 6.20. The zero-order chi connectivity index (χ0) is 13.0. The van der Waals surface area contributed by atoms with Crippen LogP contribution in [-0.4, -0.2) is 4.98 Å². The van der Waals surface area contributed by atoms with Gasteiger partial charge in [-0.05, 0) is 30.7 Å². The van der Waals surface area contributed by atoms with Crippen LogP contribution in [0.25, 0.3) is 0 Å². The summed E-state index contributed by atoms with van der Waals surface area (Å²) in [7, 11) is 0. The van der Waals surface area contributed by atoms with Crippen molar-refractivity contribution in [1.82, 2.24) is 4.98 Å². The molecule has 5 heteroatoms. The van der Waals surface area contributed by atoms with E-state index in [-0.39, 0.29) is 5.82 Å². The molecule has 0 aliphatic heterocycles. The van der Waals surface area contributed by atoms with Crippen molar-refractivity contribution in [1.29, 1.82) is 0 Å². The highest BCUT2D eigenvalue weighted by Gasteiger charge is 2.08. The van der Waals surface area contributed by atoms with E-state index < -0.39 is 0 Å². The Morgan fingerprint density at radius 3 is 2.61 bits per heavy atom. The molecule has 0 spiro atoms. The van der Waals surface area contributed by atoms with E-state index in [9.17, 15) is 4.39 Å². The first-order valence-corrected chi connectivity index (χ1v) is 7.14. The minimum Gasteiger partial charge on any atom is -0.486 e. The van der Waals surface area contributed by atoms with Crippen LogP contribution in [0.15, 0.2) is 24.3 Å². The molecule has 0 fully saturated rings. The van der Waals surface area contributed by atoms with E-state index in [1.54, 1.807) is 23.5 Å². The van der Waals surface area contributed by atoms with Gasteiger partial charge in [0.2, 0.25) is 0 Å². The molecule has 18 heavy (non-hydrogen) atoms. The van der Waals surface area contributed by atoms with Gasteiger partial charge in [-0.15, -0.1) is 11.3 Å². The molecule has 0 aliphatic carbocycles. The fourth-order valence-corrected chi connectivity index (χ4v) is 2.88. The van der Waals surface area contributed by atoms with E-state index in [1.807, 2.05) is 0 Å². The molecule has 1 heterocycles. The molecule has 2 rings (SSSR count).